The summed E-state index contributed by atoms with van der Waals surface area (Å²) in [5, 5.41) is 25.2. The van der Waals surface area contributed by atoms with Gasteiger partial charge in [0.2, 0.25) is 5.79 Å². The van der Waals surface area contributed by atoms with Gasteiger partial charge in [0.05, 0.1) is 40.3 Å². The van der Waals surface area contributed by atoms with Gasteiger partial charge >= 0.3 is 5.97 Å². The van der Waals surface area contributed by atoms with Crippen molar-refractivity contribution < 1.29 is 69.8 Å². The molecular formula is C69H101NO14Si. The molecule has 15 atom stereocenters. The molecule has 0 unspecified atom stereocenters. The van der Waals surface area contributed by atoms with Gasteiger partial charge in [-0.2, -0.15) is 0 Å². The summed E-state index contributed by atoms with van der Waals surface area (Å²) in [6, 6.07) is 18.6. The molecule has 85 heavy (non-hydrogen) atoms. The third-order valence-electron chi connectivity index (χ3n) is 18.5. The number of rotatable bonds is 13. The highest BCUT2D eigenvalue weighted by molar-refractivity contribution is 6.99. The summed E-state index contributed by atoms with van der Waals surface area (Å²) in [6.45, 7) is 16.5. The largest absolute Gasteiger partial charge is 0.460 e. The van der Waals surface area contributed by atoms with Crippen molar-refractivity contribution in [3.05, 3.63) is 108 Å². The molecule has 16 heteroatoms. The first-order chi connectivity index (χ1) is 41.1. The number of Topliss-reactive ketones (excluding diaryl/α,β-unsaturated/α-hetero) is 3. The Balaban J connectivity index is 1.25. The molecule has 2 bridgehead atoms. The number of piperidine rings is 1. The molecule has 470 valence electrons. The first-order valence-corrected chi connectivity index (χ1v) is 32.9. The molecule has 4 aliphatic rings. The highest BCUT2D eigenvalue weighted by atomic mass is 28.4. The molecule has 1 aliphatic carbocycles. The number of hydrogen-bond acceptors (Lipinski definition) is 14. The summed E-state index contributed by atoms with van der Waals surface area (Å²) in [4.78, 5) is 73.4. The van der Waals surface area contributed by atoms with E-state index in [-0.39, 0.29) is 49.4 Å². The van der Waals surface area contributed by atoms with Gasteiger partial charge in [0.25, 0.3) is 20.0 Å². The van der Waals surface area contributed by atoms with Crippen LogP contribution in [0.2, 0.25) is 5.04 Å². The van der Waals surface area contributed by atoms with Crippen LogP contribution in [0.15, 0.2) is 108 Å². The fourth-order valence-corrected chi connectivity index (χ4v) is 17.4. The van der Waals surface area contributed by atoms with Crippen molar-refractivity contribution in [2.24, 2.45) is 35.5 Å². The number of cyclic esters (lactones) is 1. The molecule has 3 heterocycles. The summed E-state index contributed by atoms with van der Waals surface area (Å²) < 4.78 is 62.3. The van der Waals surface area contributed by atoms with E-state index in [1.54, 1.807) is 41.1 Å². The fourth-order valence-electron chi connectivity index (χ4n) is 13.2. The van der Waals surface area contributed by atoms with E-state index in [9.17, 15) is 36.9 Å². The zero-order valence-electron chi connectivity index (χ0n) is 55.0. The molecule has 0 aromatic heterocycles. The Hall–Kier alpha value is -4.75. The second-order valence-corrected chi connectivity index (χ2v) is 30.0. The molecule has 2 aromatic rings. The quantitative estimate of drug-likeness (QED) is 0.0833. The van der Waals surface area contributed by atoms with Crippen molar-refractivity contribution >= 4 is 47.9 Å². The number of aliphatic hydroxyl groups excluding tert-OH is 1. The summed E-state index contributed by atoms with van der Waals surface area (Å²) >= 11 is 0. The number of aliphatic hydroxyl groups is 2. The number of esters is 1. The predicted molar refractivity (Wildman–Crippen MR) is 332 cm³/mol. The Labute approximate surface area is 511 Å². The normalized spacial score (nSPS) is 34.6. The number of fused-ring (bicyclic) bond motifs is 3. The fraction of sp³-hybridized carbons (Fsp3) is 0.638. The van der Waals surface area contributed by atoms with E-state index >= 15 is 0 Å². The van der Waals surface area contributed by atoms with Crippen LogP contribution in [-0.4, -0.2) is 148 Å². The summed E-state index contributed by atoms with van der Waals surface area (Å²) in [5.74, 6) is -8.47. The Bertz CT molecular complexity index is 2690. The van der Waals surface area contributed by atoms with Gasteiger partial charge in [-0.05, 0) is 122 Å². The van der Waals surface area contributed by atoms with Gasteiger partial charge in [0.15, 0.2) is 5.78 Å². The van der Waals surface area contributed by atoms with Crippen molar-refractivity contribution in [2.75, 3.05) is 41.0 Å². The zero-order chi connectivity index (χ0) is 64.0. The van der Waals surface area contributed by atoms with Gasteiger partial charge in [0, 0.05) is 58.5 Å². The lowest BCUT2D eigenvalue weighted by molar-refractivity contribution is -0.265. The Morgan fingerprint density at radius 2 is 1.47 bits per heavy atom. The third-order valence-corrected chi connectivity index (χ3v) is 23.3. The average Bonchev–Trinajstić information content (AvgIpc) is 0.808. The lowest BCUT2D eigenvalue weighted by Gasteiger charge is -2.43. The minimum atomic E-state index is -3.29. The molecule has 3 aliphatic heterocycles. The molecule has 15 nitrogen and oxygen atoms in total. The predicted octanol–water partition coefficient (Wildman–Crippen LogP) is 9.78. The SMILES string of the molecule is [3H]C([3H])(CO[C@@H]1CC[C@@H](C[C@@H](C)[C@@H]2CC(=O)[C@H](C)/C=C(\C)[C@@H](O)[C@@H](OC)C(=O)[C@H](C)C[C@H](C)\C=C/C=C/C=C(\C)[C@@H](OC)C[C@@H]3CC[C@@H](C)[C@@](O)(O3)C(=O)C(=O)N3CCCC[C@H]3C(=O)O2)C[C@H]1OC)O[Si](c1ccccc1)(c1ccccc1)C(C)(C)C. The third kappa shape index (κ3) is 17.5. The maximum Gasteiger partial charge on any atom is 0.329 e. The number of carbonyl (C=O) groups is 5. The lowest BCUT2D eigenvalue weighted by Crippen LogP contribution is -2.66. The van der Waals surface area contributed by atoms with Crippen LogP contribution in [0, 0.1) is 35.5 Å². The maximum absolute atomic E-state index is 14.8. The molecule has 2 saturated heterocycles. The Morgan fingerprint density at radius 1 is 0.800 bits per heavy atom. The number of benzene rings is 2. The van der Waals surface area contributed by atoms with Gasteiger partial charge < -0.3 is 48.0 Å². The zero-order valence-corrected chi connectivity index (χ0v) is 54.0. The molecule has 2 N–H and O–H groups in total. The van der Waals surface area contributed by atoms with Crippen LogP contribution in [0.4, 0.5) is 0 Å². The molecule has 2 aromatic carbocycles. The number of nitrogens with zero attached hydrogens (tertiary/aromatic N) is 1. The van der Waals surface area contributed by atoms with Crippen molar-refractivity contribution in [1.29, 1.82) is 0 Å². The van der Waals surface area contributed by atoms with Crippen LogP contribution in [0.1, 0.15) is 149 Å². The second-order valence-electron chi connectivity index (χ2n) is 25.8. The number of carbonyl (C=O) groups excluding carboxylic acids is 5. The van der Waals surface area contributed by atoms with Gasteiger partial charge in [-0.15, -0.1) is 0 Å². The standard InChI is InChI=1S/C69H101NO14Si/c1-45-25-17-14-18-26-46(2)59(78-11)43-53-34-32-51(7)69(77,84-53)65(74)66(75)70-36-24-23-31-56(70)67(76)83-60(44-57(71)47(3)40-50(6)63(73)64(80-13)62(72)49(5)39-45)48(4)41-52-33-35-58(61(42-52)79-12)81-37-38-82-85(68(8,9)10,54-27-19-15-20-28-54)55-29-21-16-22-30-55/h14-22,25-30,40,45,47-49,51-53,56,58-61,63-64,73,77H,23-24,31-39,41-44H2,1-13H3/b18-14+,25-17-,46-26+,50-40+/t45-,47-,48-,49-,51-,52+,53+,56+,58-,59+,60+,61-,63-,64+,69-/m1/s1/i38T2. The van der Waals surface area contributed by atoms with Gasteiger partial charge in [0.1, 0.15) is 30.1 Å². The van der Waals surface area contributed by atoms with E-state index in [1.165, 1.54) is 12.0 Å². The summed E-state index contributed by atoms with van der Waals surface area (Å²) in [6.07, 6.45) is 10.5. The van der Waals surface area contributed by atoms with E-state index < -0.39 is 116 Å². The van der Waals surface area contributed by atoms with Crippen molar-refractivity contribution in [3.8, 4) is 0 Å². The van der Waals surface area contributed by atoms with Gasteiger partial charge in [-0.25, -0.2) is 4.79 Å². The van der Waals surface area contributed by atoms with Crippen LogP contribution in [0.5, 0.6) is 0 Å². The van der Waals surface area contributed by atoms with Gasteiger partial charge in [-0.3, -0.25) is 19.2 Å². The monoisotopic (exact) mass is 1200 g/mol. The van der Waals surface area contributed by atoms with Crippen molar-refractivity contribution in [2.45, 2.75) is 206 Å². The molecule has 3 fully saturated rings. The number of ketones is 3. The first kappa shape index (κ1) is 66.2. The molecule has 0 spiro atoms. The number of allylic oxidation sites excluding steroid dienone is 6. The highest BCUT2D eigenvalue weighted by Gasteiger charge is 2.54. The minimum Gasteiger partial charge on any atom is -0.460 e. The Kier molecular flexibility index (Phi) is 24.9. The molecule has 1 saturated carbocycles. The van der Waals surface area contributed by atoms with Crippen molar-refractivity contribution in [1.82, 2.24) is 4.90 Å². The van der Waals surface area contributed by atoms with E-state index in [0.29, 0.717) is 69.8 Å². The molecule has 6 rings (SSSR count). The number of amides is 1. The summed E-state index contributed by atoms with van der Waals surface area (Å²) in [7, 11) is 1.27. The number of methoxy groups -OCH3 is 3. The Morgan fingerprint density at radius 3 is 2.09 bits per heavy atom. The van der Waals surface area contributed by atoms with E-state index in [1.807, 2.05) is 119 Å². The average molecular weight is 1200 g/mol. The van der Waals surface area contributed by atoms with Crippen LogP contribution < -0.4 is 10.4 Å². The maximum atomic E-state index is 14.8. The van der Waals surface area contributed by atoms with Gasteiger partial charge in [-0.1, -0.05) is 153 Å². The highest BCUT2D eigenvalue weighted by Crippen LogP contribution is 2.40. The van der Waals surface area contributed by atoms with E-state index in [2.05, 4.69) is 20.8 Å². The lowest BCUT2D eigenvalue weighted by atomic mass is 9.78. The smallest absolute Gasteiger partial charge is 0.329 e. The van der Waals surface area contributed by atoms with E-state index in [4.69, 9.17) is 32.8 Å². The van der Waals surface area contributed by atoms with Crippen molar-refractivity contribution in [3.63, 3.8) is 0 Å². The topological polar surface area (TPSA) is 194 Å². The van der Waals surface area contributed by atoms with Crippen LogP contribution in [0.3, 0.4) is 0 Å². The van der Waals surface area contributed by atoms with Crippen LogP contribution >= 0.6 is 0 Å². The first-order valence-electron chi connectivity index (χ1n) is 32.0. The molecular weight excluding hydrogens is 1090 g/mol. The van der Waals surface area contributed by atoms with E-state index in [0.717, 1.165) is 15.9 Å². The molecule has 1 amide bonds. The number of hydrogen-bond donors (Lipinski definition) is 2. The molecule has 0 radical (unpaired) electrons. The minimum absolute atomic E-state index is 0.00123. The summed E-state index contributed by atoms with van der Waals surface area (Å²) in [5.41, 5.74) is 1.23. The van der Waals surface area contributed by atoms with Crippen LogP contribution in [0.25, 0.3) is 0 Å². The second kappa shape index (κ2) is 31.9. The number of ether oxygens (including phenoxy) is 6. The van der Waals surface area contributed by atoms with Crippen LogP contribution in [-0.2, 0) is 56.8 Å².